The van der Waals surface area contributed by atoms with Crippen LogP contribution in [0.1, 0.15) is 32.4 Å². The lowest BCUT2D eigenvalue weighted by Crippen LogP contribution is -2.48. The van der Waals surface area contributed by atoms with Crippen molar-refractivity contribution < 1.29 is 13.9 Å². The van der Waals surface area contributed by atoms with Gasteiger partial charge in [-0.05, 0) is 42.6 Å². The van der Waals surface area contributed by atoms with Gasteiger partial charge in [-0.2, -0.15) is 0 Å². The second-order valence-corrected chi connectivity index (χ2v) is 7.44. The molecule has 7 heteroatoms. The fourth-order valence-corrected chi connectivity index (χ4v) is 3.95. The first-order chi connectivity index (χ1) is 10.5. The summed E-state index contributed by atoms with van der Waals surface area (Å²) in [4.78, 5) is 9.08. The number of nitrogens with zero attached hydrogens (tertiary/aromatic N) is 3. The van der Waals surface area contributed by atoms with Crippen LogP contribution in [0.2, 0.25) is 0 Å². The van der Waals surface area contributed by atoms with Gasteiger partial charge in [-0.25, -0.2) is 14.4 Å². The molecule has 2 bridgehead atoms. The number of rotatable bonds is 4. The first kappa shape index (κ1) is 14.4. The van der Waals surface area contributed by atoms with Crippen molar-refractivity contribution >= 4 is 21.6 Å². The van der Waals surface area contributed by atoms with Gasteiger partial charge in [-0.15, -0.1) is 0 Å². The van der Waals surface area contributed by atoms with Crippen LogP contribution in [0.4, 0.5) is 4.39 Å². The molecule has 0 amide bonds. The number of fused-ring (bicyclic) bond motifs is 2. The fourth-order valence-electron chi connectivity index (χ4n) is 3.56. The predicted octanol–water partition coefficient (Wildman–Crippen LogP) is 3.05. The lowest BCUT2D eigenvalue weighted by atomic mass is 9.61. The highest BCUT2D eigenvalue weighted by Gasteiger charge is 2.64. The van der Waals surface area contributed by atoms with Crippen molar-refractivity contribution in [3.63, 3.8) is 0 Å². The Labute approximate surface area is 136 Å². The molecule has 1 aliphatic carbocycles. The van der Waals surface area contributed by atoms with E-state index < -0.39 is 12.3 Å². The van der Waals surface area contributed by atoms with Crippen molar-refractivity contribution in [3.8, 4) is 5.88 Å². The molecule has 2 aliphatic heterocycles. The van der Waals surface area contributed by atoms with Gasteiger partial charge in [0, 0.05) is 17.8 Å². The van der Waals surface area contributed by atoms with Crippen molar-refractivity contribution in [2.75, 3.05) is 13.3 Å². The predicted molar refractivity (Wildman–Crippen MR) is 82.0 cm³/mol. The zero-order valence-corrected chi connectivity index (χ0v) is 14.1. The first-order valence-electron chi connectivity index (χ1n) is 7.38. The van der Waals surface area contributed by atoms with E-state index in [1.807, 2.05) is 30.6 Å². The third-order valence-corrected chi connectivity index (χ3v) is 4.87. The summed E-state index contributed by atoms with van der Waals surface area (Å²) in [6.07, 6.45) is 5.25. The monoisotopic (exact) mass is 369 g/mol. The summed E-state index contributed by atoms with van der Waals surface area (Å²) in [6, 6.07) is 0. The van der Waals surface area contributed by atoms with Crippen molar-refractivity contribution in [2.45, 2.75) is 43.8 Å². The van der Waals surface area contributed by atoms with Crippen LogP contribution in [0.3, 0.4) is 0 Å². The largest absolute Gasteiger partial charge is 0.472 e. The Morgan fingerprint density at radius 2 is 2.18 bits per heavy atom. The van der Waals surface area contributed by atoms with Gasteiger partial charge in [0.15, 0.2) is 0 Å². The van der Waals surface area contributed by atoms with Crippen molar-refractivity contribution in [3.05, 3.63) is 22.7 Å². The third kappa shape index (κ3) is 1.98. The summed E-state index contributed by atoms with van der Waals surface area (Å²) in [6.45, 7) is 4.02. The quantitative estimate of drug-likeness (QED) is 0.830. The Kier molecular flexibility index (Phi) is 3.04. The number of hydrogen-bond donors (Lipinski definition) is 0. The van der Waals surface area contributed by atoms with E-state index in [-0.39, 0.29) is 11.5 Å². The molecular weight excluding hydrogens is 353 g/mol. The molecule has 2 saturated heterocycles. The van der Waals surface area contributed by atoms with Gasteiger partial charge in [0.05, 0.1) is 24.0 Å². The molecule has 3 fully saturated rings. The minimum Gasteiger partial charge on any atom is -0.472 e. The van der Waals surface area contributed by atoms with Gasteiger partial charge in [0.25, 0.3) is 5.88 Å². The van der Waals surface area contributed by atoms with Crippen LogP contribution in [0.25, 0.3) is 5.65 Å². The SMILES string of the molecule is CC(C)Oc1nc(Br)cn2cc(C34COC(CF)(C3)C4)nc12. The van der Waals surface area contributed by atoms with Gasteiger partial charge in [-0.1, -0.05) is 0 Å². The van der Waals surface area contributed by atoms with E-state index >= 15 is 0 Å². The van der Waals surface area contributed by atoms with Crippen LogP contribution >= 0.6 is 15.9 Å². The molecule has 0 unspecified atom stereocenters. The number of ether oxygens (including phenoxy) is 2. The molecule has 22 heavy (non-hydrogen) atoms. The van der Waals surface area contributed by atoms with Crippen LogP contribution in [-0.4, -0.2) is 39.4 Å². The van der Waals surface area contributed by atoms with Gasteiger partial charge in [-0.3, -0.25) is 4.40 Å². The zero-order chi connectivity index (χ0) is 15.5. The van der Waals surface area contributed by atoms with Crippen molar-refractivity contribution in [1.82, 2.24) is 14.4 Å². The average Bonchev–Trinajstić information content (AvgIpc) is 3.06. The van der Waals surface area contributed by atoms with E-state index in [1.54, 1.807) is 0 Å². The normalized spacial score (nSPS) is 30.0. The van der Waals surface area contributed by atoms with Gasteiger partial charge < -0.3 is 9.47 Å². The van der Waals surface area contributed by atoms with Crippen LogP contribution in [0, 0.1) is 0 Å². The maximum atomic E-state index is 13.1. The second-order valence-electron chi connectivity index (χ2n) is 6.63. The maximum Gasteiger partial charge on any atom is 0.259 e. The Morgan fingerprint density at radius 1 is 1.41 bits per heavy atom. The molecule has 0 radical (unpaired) electrons. The zero-order valence-electron chi connectivity index (χ0n) is 12.5. The lowest BCUT2D eigenvalue weighted by Gasteiger charge is -2.41. The fraction of sp³-hybridized carbons (Fsp3) is 0.600. The van der Waals surface area contributed by atoms with Crippen molar-refractivity contribution in [1.29, 1.82) is 0 Å². The minimum absolute atomic E-state index is 0.0154. The standard InChI is InChI=1S/C15H17BrFN3O2/c1-9(2)22-13-12-18-10(3-20(12)4-11(16)19-13)14-5-15(6-14,7-17)21-8-14/h3-4,9H,5-8H2,1-2H3. The number of aromatic nitrogens is 3. The van der Waals surface area contributed by atoms with Crippen LogP contribution in [0.15, 0.2) is 17.0 Å². The summed E-state index contributed by atoms with van der Waals surface area (Å²) in [7, 11) is 0. The van der Waals surface area contributed by atoms with Crippen LogP contribution in [-0.2, 0) is 10.2 Å². The molecule has 0 N–H and O–H groups in total. The molecule has 118 valence electrons. The first-order valence-corrected chi connectivity index (χ1v) is 8.17. The van der Waals surface area contributed by atoms with E-state index in [4.69, 9.17) is 14.5 Å². The smallest absolute Gasteiger partial charge is 0.259 e. The summed E-state index contributed by atoms with van der Waals surface area (Å²) < 4.78 is 27.1. The second kappa shape index (κ2) is 4.64. The highest BCUT2D eigenvalue weighted by Crippen LogP contribution is 2.58. The number of hydrogen-bond acceptors (Lipinski definition) is 4. The lowest BCUT2D eigenvalue weighted by molar-refractivity contribution is -0.0235. The van der Waals surface area contributed by atoms with E-state index in [1.165, 1.54) is 0 Å². The Bertz CT molecular complexity index is 740. The molecule has 1 saturated carbocycles. The molecule has 2 aromatic rings. The topological polar surface area (TPSA) is 48.7 Å². The minimum atomic E-state index is -0.564. The molecule has 2 aromatic heterocycles. The van der Waals surface area contributed by atoms with Crippen LogP contribution < -0.4 is 4.74 Å². The number of imidazole rings is 1. The van der Waals surface area contributed by atoms with Crippen molar-refractivity contribution in [2.24, 2.45) is 0 Å². The van der Waals surface area contributed by atoms with E-state index in [0.717, 1.165) is 5.69 Å². The molecule has 5 rings (SSSR count). The molecule has 0 atom stereocenters. The maximum absolute atomic E-state index is 13.1. The Hall–Kier alpha value is -1.21. The number of halogens is 2. The van der Waals surface area contributed by atoms with E-state index in [2.05, 4.69) is 20.9 Å². The van der Waals surface area contributed by atoms with E-state index in [0.29, 0.717) is 35.6 Å². The Morgan fingerprint density at radius 3 is 2.82 bits per heavy atom. The van der Waals surface area contributed by atoms with Crippen LogP contribution in [0.5, 0.6) is 5.88 Å². The third-order valence-electron chi connectivity index (χ3n) is 4.49. The number of alkyl halides is 1. The molecule has 4 heterocycles. The highest BCUT2D eigenvalue weighted by atomic mass is 79.9. The molecule has 5 nitrogen and oxygen atoms in total. The van der Waals surface area contributed by atoms with Gasteiger partial charge >= 0.3 is 0 Å². The summed E-state index contributed by atoms with van der Waals surface area (Å²) >= 11 is 3.39. The molecule has 0 spiro atoms. The summed E-state index contributed by atoms with van der Waals surface area (Å²) in [5.41, 5.74) is 0.902. The highest BCUT2D eigenvalue weighted by molar-refractivity contribution is 9.10. The molecule has 0 aromatic carbocycles. The summed E-state index contributed by atoms with van der Waals surface area (Å²) in [5, 5.41) is 0. The average molecular weight is 370 g/mol. The van der Waals surface area contributed by atoms with E-state index in [9.17, 15) is 4.39 Å². The molecular formula is C15H17BrFN3O2. The van der Waals surface area contributed by atoms with Gasteiger partial charge in [0.2, 0.25) is 5.65 Å². The Balaban J connectivity index is 1.76. The summed E-state index contributed by atoms with van der Waals surface area (Å²) in [5.74, 6) is 0.502. The van der Waals surface area contributed by atoms with Gasteiger partial charge in [0.1, 0.15) is 11.3 Å². The molecule has 3 aliphatic rings.